The van der Waals surface area contributed by atoms with Crippen LogP contribution in [0, 0.1) is 19.8 Å². The number of hydrogen-bond acceptors (Lipinski definition) is 5. The number of Topliss-reactive ketones (excluding diaryl/α,β-unsaturated/α-hetero) is 2. The number of carbonyl (C=O) groups excluding carboxylic acids is 2. The van der Waals surface area contributed by atoms with E-state index in [2.05, 4.69) is 4.57 Å². The van der Waals surface area contributed by atoms with Gasteiger partial charge in [0, 0.05) is 35.0 Å². The summed E-state index contributed by atoms with van der Waals surface area (Å²) in [4.78, 5) is 37.1. The molecule has 2 atom stereocenters. The highest BCUT2D eigenvalue weighted by Crippen LogP contribution is 2.40. The highest BCUT2D eigenvalue weighted by atomic mass is 32.1. The first kappa shape index (κ1) is 23.6. The monoisotopic (exact) mass is 485 g/mol. The first-order valence-corrected chi connectivity index (χ1v) is 13.3. The van der Waals surface area contributed by atoms with E-state index in [9.17, 15) is 9.59 Å². The van der Waals surface area contributed by atoms with Crippen LogP contribution < -0.4 is 0 Å². The van der Waals surface area contributed by atoms with Crippen molar-refractivity contribution in [3.63, 3.8) is 0 Å². The molecular weight excluding hydrogens is 454 g/mol. The van der Waals surface area contributed by atoms with Gasteiger partial charge in [-0.3, -0.25) is 9.59 Å². The fourth-order valence-corrected chi connectivity index (χ4v) is 6.14. The van der Waals surface area contributed by atoms with Gasteiger partial charge in [0.1, 0.15) is 5.69 Å². The van der Waals surface area contributed by atoms with Crippen LogP contribution in [0.15, 0.2) is 48.5 Å². The molecule has 1 aliphatic rings. The third kappa shape index (κ3) is 4.85. The third-order valence-corrected chi connectivity index (χ3v) is 8.10. The summed E-state index contributed by atoms with van der Waals surface area (Å²) in [6.45, 7) is 5.92. The van der Waals surface area contributed by atoms with Crippen molar-refractivity contribution in [3.8, 4) is 11.5 Å². The summed E-state index contributed by atoms with van der Waals surface area (Å²) in [5.74, 6) is 1.57. The number of aryl methyl sites for hydroxylation is 2. The van der Waals surface area contributed by atoms with Crippen LogP contribution in [-0.2, 0) is 0 Å². The summed E-state index contributed by atoms with van der Waals surface area (Å²) in [5.41, 5.74) is 4.35. The van der Waals surface area contributed by atoms with Crippen LogP contribution in [0.25, 0.3) is 22.6 Å². The summed E-state index contributed by atoms with van der Waals surface area (Å²) in [5, 5.41) is 0. The van der Waals surface area contributed by atoms with Gasteiger partial charge < -0.3 is 4.57 Å². The third-order valence-electron chi connectivity index (χ3n) is 7.06. The number of pyridine rings is 1. The molecule has 0 N–H and O–H groups in total. The zero-order valence-electron chi connectivity index (χ0n) is 20.6. The van der Waals surface area contributed by atoms with Crippen molar-refractivity contribution in [2.24, 2.45) is 5.92 Å². The summed E-state index contributed by atoms with van der Waals surface area (Å²) in [7, 11) is 0. The highest BCUT2D eigenvalue weighted by Gasteiger charge is 2.29. The number of carbonyl (C=O) groups is 2. The number of thiophene rings is 1. The second kappa shape index (κ2) is 9.86. The van der Waals surface area contributed by atoms with E-state index in [0.29, 0.717) is 24.3 Å². The Kier molecular flexibility index (Phi) is 6.65. The molecule has 0 amide bonds. The van der Waals surface area contributed by atoms with E-state index >= 15 is 0 Å². The van der Waals surface area contributed by atoms with Gasteiger partial charge in [-0.05, 0) is 81.5 Å². The Morgan fingerprint density at radius 2 is 1.89 bits per heavy atom. The Bertz CT molecular complexity index is 1400. The zero-order chi connectivity index (χ0) is 24.5. The van der Waals surface area contributed by atoms with E-state index < -0.39 is 0 Å². The van der Waals surface area contributed by atoms with Gasteiger partial charge in [0.05, 0.1) is 15.9 Å². The predicted molar refractivity (Wildman–Crippen MR) is 141 cm³/mol. The van der Waals surface area contributed by atoms with Gasteiger partial charge >= 0.3 is 0 Å². The second-order valence-corrected chi connectivity index (χ2v) is 11.0. The molecule has 5 rings (SSSR count). The van der Waals surface area contributed by atoms with Gasteiger partial charge in [0.25, 0.3) is 0 Å². The lowest BCUT2D eigenvalue weighted by Crippen LogP contribution is -2.22. The molecule has 180 valence electrons. The number of imidazole rings is 1. The number of nitrogens with zero attached hydrogens (tertiary/aromatic N) is 3. The van der Waals surface area contributed by atoms with Crippen molar-refractivity contribution < 1.29 is 9.59 Å². The number of benzene rings is 1. The summed E-state index contributed by atoms with van der Waals surface area (Å²) >= 11 is 1.59. The van der Waals surface area contributed by atoms with Crippen LogP contribution in [0.1, 0.15) is 82.1 Å². The predicted octanol–water partition coefficient (Wildman–Crippen LogP) is 7.37. The normalized spacial score (nSPS) is 18.1. The molecule has 0 unspecified atom stereocenters. The maximum Gasteiger partial charge on any atom is 0.173 e. The lowest BCUT2D eigenvalue weighted by Gasteiger charge is -2.31. The summed E-state index contributed by atoms with van der Waals surface area (Å²) in [6, 6.07) is 16.1. The number of hydrogen-bond donors (Lipinski definition) is 0. The fourth-order valence-electron chi connectivity index (χ4n) is 5.32. The topological polar surface area (TPSA) is 64.8 Å². The van der Waals surface area contributed by atoms with Crippen molar-refractivity contribution >= 4 is 33.9 Å². The average molecular weight is 486 g/mol. The molecule has 0 spiro atoms. The van der Waals surface area contributed by atoms with Crippen LogP contribution in [0.3, 0.4) is 0 Å². The Morgan fingerprint density at radius 1 is 1.03 bits per heavy atom. The SMILES string of the molecule is CCC(=O)c1ccc2c(c1)nc(-c1cccc(C)n1)n2[C@H]1CCC[C@@H](CC(=O)c2ccc(C)s2)C1. The quantitative estimate of drug-likeness (QED) is 0.256. The Morgan fingerprint density at radius 3 is 2.63 bits per heavy atom. The molecule has 1 saturated carbocycles. The van der Waals surface area contributed by atoms with E-state index in [4.69, 9.17) is 9.97 Å². The minimum atomic E-state index is 0.122. The standard InChI is InChI=1S/C29H31N3O2S/c1-4-26(33)21-12-13-25-24(17-21)31-29(23-10-5-7-18(2)30-23)32(25)22-9-6-8-20(15-22)16-27(34)28-14-11-19(3)35-28/h5,7,10-14,17,20,22H,4,6,8-9,15-16H2,1-3H3/t20-,22+/m1/s1. The second-order valence-electron chi connectivity index (χ2n) is 9.67. The van der Waals surface area contributed by atoms with Crippen LogP contribution in [0.5, 0.6) is 0 Å². The Hall–Kier alpha value is -3.12. The van der Waals surface area contributed by atoms with Crippen molar-refractivity contribution in [2.75, 3.05) is 0 Å². The van der Waals surface area contributed by atoms with Gasteiger partial charge in [-0.1, -0.05) is 19.4 Å². The van der Waals surface area contributed by atoms with E-state index in [1.54, 1.807) is 11.3 Å². The number of fused-ring (bicyclic) bond motifs is 1. The van der Waals surface area contributed by atoms with Gasteiger partial charge in [0.15, 0.2) is 17.4 Å². The van der Waals surface area contributed by atoms with Gasteiger partial charge in [-0.25, -0.2) is 9.97 Å². The first-order valence-electron chi connectivity index (χ1n) is 12.5. The van der Waals surface area contributed by atoms with Crippen molar-refractivity contribution in [3.05, 3.63) is 69.5 Å². The molecule has 1 fully saturated rings. The molecule has 6 heteroatoms. The molecule has 3 aromatic heterocycles. The van der Waals surface area contributed by atoms with Gasteiger partial charge in [-0.15, -0.1) is 11.3 Å². The molecule has 1 aliphatic carbocycles. The first-order chi connectivity index (χ1) is 16.9. The van der Waals surface area contributed by atoms with Crippen molar-refractivity contribution in [2.45, 2.75) is 65.3 Å². The van der Waals surface area contributed by atoms with Gasteiger partial charge in [-0.2, -0.15) is 0 Å². The maximum atomic E-state index is 12.9. The summed E-state index contributed by atoms with van der Waals surface area (Å²) < 4.78 is 2.32. The molecular formula is C29H31N3O2S. The average Bonchev–Trinajstić information content (AvgIpc) is 3.47. The molecule has 0 saturated heterocycles. The smallest absolute Gasteiger partial charge is 0.173 e. The largest absolute Gasteiger partial charge is 0.320 e. The van der Waals surface area contributed by atoms with E-state index in [0.717, 1.165) is 58.8 Å². The fraction of sp³-hybridized carbons (Fsp3) is 0.379. The van der Waals surface area contributed by atoms with Crippen LogP contribution in [-0.4, -0.2) is 26.1 Å². The lowest BCUT2D eigenvalue weighted by molar-refractivity contribution is 0.0944. The van der Waals surface area contributed by atoms with E-state index in [1.807, 2.05) is 69.3 Å². The molecule has 35 heavy (non-hydrogen) atoms. The Labute approximate surface area is 210 Å². The van der Waals surface area contributed by atoms with Crippen molar-refractivity contribution in [1.29, 1.82) is 0 Å². The lowest BCUT2D eigenvalue weighted by atomic mass is 9.82. The van der Waals surface area contributed by atoms with E-state index in [1.165, 1.54) is 4.88 Å². The summed E-state index contributed by atoms with van der Waals surface area (Å²) in [6.07, 6.45) is 5.21. The molecule has 5 nitrogen and oxygen atoms in total. The minimum absolute atomic E-state index is 0.122. The zero-order valence-corrected chi connectivity index (χ0v) is 21.4. The number of ketones is 2. The molecule has 1 aromatic carbocycles. The molecule has 0 bridgehead atoms. The van der Waals surface area contributed by atoms with Crippen LogP contribution in [0.2, 0.25) is 0 Å². The van der Waals surface area contributed by atoms with Crippen molar-refractivity contribution in [1.82, 2.24) is 14.5 Å². The van der Waals surface area contributed by atoms with Crippen LogP contribution in [0.4, 0.5) is 0 Å². The van der Waals surface area contributed by atoms with Crippen LogP contribution >= 0.6 is 11.3 Å². The number of aromatic nitrogens is 3. The Balaban J connectivity index is 1.51. The highest BCUT2D eigenvalue weighted by molar-refractivity contribution is 7.14. The van der Waals surface area contributed by atoms with E-state index in [-0.39, 0.29) is 17.6 Å². The van der Waals surface area contributed by atoms with Gasteiger partial charge in [0.2, 0.25) is 0 Å². The molecule has 4 aromatic rings. The minimum Gasteiger partial charge on any atom is -0.320 e. The molecule has 3 heterocycles. The number of rotatable bonds is 7. The molecule has 0 aliphatic heterocycles. The molecule has 0 radical (unpaired) electrons. The maximum absolute atomic E-state index is 12.9.